The van der Waals surface area contributed by atoms with Crippen LogP contribution in [0.2, 0.25) is 0 Å². The molecule has 1 unspecified atom stereocenters. The number of thiazole rings is 1. The van der Waals surface area contributed by atoms with E-state index in [1.165, 1.54) is 16.9 Å². The summed E-state index contributed by atoms with van der Waals surface area (Å²) in [7, 11) is 0. The van der Waals surface area contributed by atoms with Crippen molar-refractivity contribution in [2.75, 3.05) is 26.2 Å². The molecule has 0 bridgehead atoms. The number of benzene rings is 2. The predicted octanol–water partition coefficient (Wildman–Crippen LogP) is 3.75. The van der Waals surface area contributed by atoms with Gasteiger partial charge in [-0.2, -0.15) is 0 Å². The number of β-amino-alcohol motifs (C(OH)–C–C–N with tert-alkyl or cyclic N) is 1. The Morgan fingerprint density at radius 3 is 2.50 bits per heavy atom. The third kappa shape index (κ3) is 5.94. The van der Waals surface area contributed by atoms with Gasteiger partial charge in [-0.1, -0.05) is 42.5 Å². The minimum absolute atomic E-state index is 0.0323. The van der Waals surface area contributed by atoms with E-state index < -0.39 is 6.10 Å². The van der Waals surface area contributed by atoms with Crippen LogP contribution in [0, 0.1) is 6.92 Å². The first-order valence-corrected chi connectivity index (χ1v) is 11.9. The summed E-state index contributed by atoms with van der Waals surface area (Å²) >= 11 is 1.38. The monoisotopic (exact) mass is 451 g/mol. The molecule has 1 aliphatic rings. The molecular formula is C25H29N3O3S. The van der Waals surface area contributed by atoms with Crippen LogP contribution < -0.4 is 10.1 Å². The molecule has 6 nitrogen and oxygen atoms in total. The fourth-order valence-corrected chi connectivity index (χ4v) is 4.65. The fourth-order valence-electron chi connectivity index (χ4n) is 3.95. The van der Waals surface area contributed by atoms with Crippen molar-refractivity contribution in [2.45, 2.75) is 31.9 Å². The van der Waals surface area contributed by atoms with Gasteiger partial charge in [-0.3, -0.25) is 4.79 Å². The van der Waals surface area contributed by atoms with Gasteiger partial charge in [-0.15, -0.1) is 11.3 Å². The van der Waals surface area contributed by atoms with E-state index in [1.807, 2.05) is 49.4 Å². The zero-order valence-corrected chi connectivity index (χ0v) is 19.1. The third-order valence-electron chi connectivity index (χ3n) is 5.75. The summed E-state index contributed by atoms with van der Waals surface area (Å²) in [5.74, 6) is 0.721. The van der Waals surface area contributed by atoms with Crippen LogP contribution in [0.25, 0.3) is 11.1 Å². The number of carbonyl (C=O) groups is 1. The zero-order chi connectivity index (χ0) is 22.3. The molecule has 1 aromatic heterocycles. The Kier molecular flexibility index (Phi) is 7.52. The first kappa shape index (κ1) is 22.5. The van der Waals surface area contributed by atoms with Crippen LogP contribution in [0.3, 0.4) is 0 Å². The van der Waals surface area contributed by atoms with Crippen LogP contribution in [-0.2, 0) is 0 Å². The average molecular weight is 452 g/mol. The number of rotatable bonds is 8. The van der Waals surface area contributed by atoms with Crippen LogP contribution in [0.4, 0.5) is 0 Å². The first-order valence-electron chi connectivity index (χ1n) is 11.0. The lowest BCUT2D eigenvalue weighted by Gasteiger charge is -2.33. The highest BCUT2D eigenvalue weighted by Gasteiger charge is 2.23. The SMILES string of the molecule is Cc1ncsc1C(=O)NC1CCN(CC(O)COc2ccc(-c3ccccc3)cc2)CC1. The Bertz CT molecular complexity index is 999. The molecule has 0 spiro atoms. The molecule has 1 amide bonds. The Morgan fingerprint density at radius 1 is 1.16 bits per heavy atom. The third-order valence-corrected chi connectivity index (χ3v) is 6.67. The molecule has 0 aliphatic carbocycles. The number of nitrogens with zero attached hydrogens (tertiary/aromatic N) is 2. The Labute approximate surface area is 192 Å². The highest BCUT2D eigenvalue weighted by Crippen LogP contribution is 2.22. The molecule has 32 heavy (non-hydrogen) atoms. The fraction of sp³-hybridized carbons (Fsp3) is 0.360. The van der Waals surface area contributed by atoms with Crippen molar-refractivity contribution in [2.24, 2.45) is 0 Å². The topological polar surface area (TPSA) is 74.7 Å². The Hall–Kier alpha value is -2.74. The van der Waals surface area contributed by atoms with E-state index in [0.717, 1.165) is 42.9 Å². The van der Waals surface area contributed by atoms with Gasteiger partial charge in [-0.25, -0.2) is 4.98 Å². The number of aromatic nitrogens is 1. The van der Waals surface area contributed by atoms with Gasteiger partial charge in [0.1, 0.15) is 23.3 Å². The molecule has 2 N–H and O–H groups in total. The van der Waals surface area contributed by atoms with E-state index in [0.29, 0.717) is 11.4 Å². The Morgan fingerprint density at radius 2 is 1.84 bits per heavy atom. The summed E-state index contributed by atoms with van der Waals surface area (Å²) < 4.78 is 5.79. The molecule has 4 rings (SSSR count). The van der Waals surface area contributed by atoms with E-state index in [1.54, 1.807) is 5.51 Å². The molecule has 2 heterocycles. The maximum Gasteiger partial charge on any atom is 0.263 e. The number of aryl methyl sites for hydroxylation is 1. The Balaban J connectivity index is 1.17. The summed E-state index contributed by atoms with van der Waals surface area (Å²) in [6, 6.07) is 18.3. The van der Waals surface area contributed by atoms with E-state index in [2.05, 4.69) is 27.3 Å². The smallest absolute Gasteiger partial charge is 0.263 e. The molecular weight excluding hydrogens is 422 g/mol. The van der Waals surface area contributed by atoms with E-state index in [9.17, 15) is 9.90 Å². The molecule has 7 heteroatoms. The summed E-state index contributed by atoms with van der Waals surface area (Å²) in [4.78, 5) is 19.4. The zero-order valence-electron chi connectivity index (χ0n) is 18.2. The minimum atomic E-state index is -0.560. The summed E-state index contributed by atoms with van der Waals surface area (Å²) in [5.41, 5.74) is 4.79. The molecule has 0 radical (unpaired) electrons. The lowest BCUT2D eigenvalue weighted by molar-refractivity contribution is 0.0568. The summed E-state index contributed by atoms with van der Waals surface area (Å²) in [6.45, 7) is 4.36. The minimum Gasteiger partial charge on any atom is -0.491 e. The second-order valence-electron chi connectivity index (χ2n) is 8.17. The van der Waals surface area contributed by atoms with Gasteiger partial charge in [0.2, 0.25) is 0 Å². The molecule has 1 aliphatic heterocycles. The van der Waals surface area contributed by atoms with Crippen molar-refractivity contribution in [3.63, 3.8) is 0 Å². The van der Waals surface area contributed by atoms with Gasteiger partial charge < -0.3 is 20.1 Å². The van der Waals surface area contributed by atoms with Gasteiger partial charge >= 0.3 is 0 Å². The van der Waals surface area contributed by atoms with Crippen molar-refractivity contribution in [3.05, 3.63) is 70.7 Å². The van der Waals surface area contributed by atoms with Crippen LogP contribution in [-0.4, -0.2) is 59.3 Å². The lowest BCUT2D eigenvalue weighted by atomic mass is 10.0. The van der Waals surface area contributed by atoms with Gasteiger partial charge in [0.15, 0.2) is 0 Å². The second-order valence-corrected chi connectivity index (χ2v) is 9.03. The number of likely N-dealkylation sites (tertiary alicyclic amines) is 1. The highest BCUT2D eigenvalue weighted by atomic mass is 32.1. The van der Waals surface area contributed by atoms with Gasteiger partial charge in [-0.05, 0) is 43.0 Å². The maximum atomic E-state index is 12.4. The molecule has 3 aromatic rings. The lowest BCUT2D eigenvalue weighted by Crippen LogP contribution is -2.47. The largest absolute Gasteiger partial charge is 0.491 e. The van der Waals surface area contributed by atoms with Crippen molar-refractivity contribution < 1.29 is 14.6 Å². The second kappa shape index (κ2) is 10.7. The van der Waals surface area contributed by atoms with Gasteiger partial charge in [0.25, 0.3) is 5.91 Å². The standard InChI is InChI=1S/C25H29N3O3S/c1-18-24(32-17-26-18)25(30)27-21-11-13-28(14-12-21)15-22(29)16-31-23-9-7-20(8-10-23)19-5-3-2-4-6-19/h2-10,17,21-22,29H,11-16H2,1H3,(H,27,30). The molecule has 1 atom stereocenters. The first-order chi connectivity index (χ1) is 15.6. The van der Waals surface area contributed by atoms with Crippen LogP contribution in [0.15, 0.2) is 60.1 Å². The number of ether oxygens (including phenoxy) is 1. The van der Waals surface area contributed by atoms with E-state index in [-0.39, 0.29) is 18.6 Å². The number of hydrogen-bond donors (Lipinski definition) is 2. The number of nitrogens with one attached hydrogen (secondary N) is 1. The molecule has 2 aromatic carbocycles. The molecule has 1 saturated heterocycles. The number of amides is 1. The highest BCUT2D eigenvalue weighted by molar-refractivity contribution is 7.11. The number of hydrogen-bond acceptors (Lipinski definition) is 6. The summed E-state index contributed by atoms with van der Waals surface area (Å²) in [6.07, 6.45) is 1.19. The van der Waals surface area contributed by atoms with E-state index >= 15 is 0 Å². The molecule has 0 saturated carbocycles. The quantitative estimate of drug-likeness (QED) is 0.546. The number of aliphatic hydroxyl groups excluding tert-OH is 1. The molecule has 168 valence electrons. The van der Waals surface area contributed by atoms with Gasteiger partial charge in [0.05, 0.1) is 11.2 Å². The van der Waals surface area contributed by atoms with Crippen molar-refractivity contribution in [1.29, 1.82) is 0 Å². The van der Waals surface area contributed by atoms with Crippen molar-refractivity contribution >= 4 is 17.2 Å². The van der Waals surface area contributed by atoms with Gasteiger partial charge in [0, 0.05) is 25.7 Å². The summed E-state index contributed by atoms with van der Waals surface area (Å²) in [5, 5.41) is 13.5. The van der Waals surface area contributed by atoms with Crippen LogP contribution in [0.5, 0.6) is 5.75 Å². The van der Waals surface area contributed by atoms with Crippen molar-refractivity contribution in [1.82, 2.24) is 15.2 Å². The number of carbonyl (C=O) groups excluding carboxylic acids is 1. The van der Waals surface area contributed by atoms with Crippen LogP contribution in [0.1, 0.15) is 28.2 Å². The van der Waals surface area contributed by atoms with Crippen LogP contribution >= 0.6 is 11.3 Å². The van der Waals surface area contributed by atoms with E-state index in [4.69, 9.17) is 4.74 Å². The maximum absolute atomic E-state index is 12.4. The average Bonchev–Trinajstić information content (AvgIpc) is 3.26. The number of piperidine rings is 1. The number of aliphatic hydroxyl groups is 1. The normalized spacial score (nSPS) is 15.9. The molecule has 1 fully saturated rings. The van der Waals surface area contributed by atoms with Crippen molar-refractivity contribution in [3.8, 4) is 16.9 Å². The predicted molar refractivity (Wildman–Crippen MR) is 127 cm³/mol.